The van der Waals surface area contributed by atoms with Crippen LogP contribution in [0.2, 0.25) is 0 Å². The van der Waals surface area contributed by atoms with E-state index in [1.807, 2.05) is 36.4 Å². The molecule has 0 aliphatic heterocycles. The summed E-state index contributed by atoms with van der Waals surface area (Å²) in [6, 6.07) is 15.8. The van der Waals surface area contributed by atoms with Gasteiger partial charge in [-0.05, 0) is 45.8 Å². The van der Waals surface area contributed by atoms with Crippen molar-refractivity contribution in [3.63, 3.8) is 0 Å². The zero-order valence-electron chi connectivity index (χ0n) is 15.2. The number of hydrogen-bond donors (Lipinski definition) is 2. The molecule has 1 amide bonds. The van der Waals surface area contributed by atoms with E-state index in [2.05, 4.69) is 36.5 Å². The van der Waals surface area contributed by atoms with E-state index in [1.54, 1.807) is 30.7 Å². The minimum atomic E-state index is -0.612. The van der Waals surface area contributed by atoms with E-state index in [9.17, 15) is 9.18 Å². The van der Waals surface area contributed by atoms with Gasteiger partial charge in [-0.1, -0.05) is 30.3 Å². The number of halogens is 2. The molecule has 4 rings (SSSR count). The van der Waals surface area contributed by atoms with Gasteiger partial charge in [0.25, 0.3) is 5.91 Å². The number of anilines is 2. The molecular formula is C22H16BrFN4O. The van der Waals surface area contributed by atoms with Gasteiger partial charge in [0.2, 0.25) is 0 Å². The van der Waals surface area contributed by atoms with E-state index in [4.69, 9.17) is 0 Å². The molecule has 29 heavy (non-hydrogen) atoms. The number of rotatable bonds is 5. The molecule has 0 fully saturated rings. The van der Waals surface area contributed by atoms with E-state index in [-0.39, 0.29) is 5.56 Å². The third-order valence-corrected chi connectivity index (χ3v) is 5.25. The van der Waals surface area contributed by atoms with Crippen LogP contribution in [0.4, 0.5) is 15.9 Å². The number of aromatic nitrogens is 2. The number of amides is 1. The molecule has 2 aromatic carbocycles. The highest BCUT2D eigenvalue weighted by Gasteiger charge is 2.19. The summed E-state index contributed by atoms with van der Waals surface area (Å²) in [5.74, 6) is -0.861. The molecule has 4 aromatic rings. The molecule has 0 saturated heterocycles. The third-order valence-electron chi connectivity index (χ3n) is 4.44. The number of carbonyl (C=O) groups is 1. The summed E-state index contributed by atoms with van der Waals surface area (Å²) in [6.45, 7) is 0.435. The van der Waals surface area contributed by atoms with Crippen LogP contribution < -0.4 is 10.6 Å². The molecule has 2 aromatic heterocycles. The fourth-order valence-electron chi connectivity index (χ4n) is 2.99. The van der Waals surface area contributed by atoms with Gasteiger partial charge < -0.3 is 10.6 Å². The van der Waals surface area contributed by atoms with Crippen LogP contribution in [0.5, 0.6) is 0 Å². The summed E-state index contributed by atoms with van der Waals surface area (Å²) >= 11 is 3.49. The monoisotopic (exact) mass is 450 g/mol. The van der Waals surface area contributed by atoms with Crippen LogP contribution in [-0.2, 0) is 6.54 Å². The topological polar surface area (TPSA) is 66.9 Å². The van der Waals surface area contributed by atoms with E-state index in [1.165, 1.54) is 6.07 Å². The second-order valence-corrected chi connectivity index (χ2v) is 7.13. The molecule has 2 N–H and O–H groups in total. The van der Waals surface area contributed by atoms with Crippen LogP contribution in [0, 0.1) is 5.82 Å². The molecule has 5 nitrogen and oxygen atoms in total. The normalized spacial score (nSPS) is 10.7. The van der Waals surface area contributed by atoms with Crippen LogP contribution in [0.15, 0.2) is 77.7 Å². The Morgan fingerprint density at radius 2 is 1.83 bits per heavy atom. The SMILES string of the molecule is O=C(Nc1ncc2ccccc2c1Br)c1c(F)cccc1NCc1ccncc1. The Bertz CT molecular complexity index is 1180. The van der Waals surface area contributed by atoms with E-state index >= 15 is 0 Å². The lowest BCUT2D eigenvalue weighted by Crippen LogP contribution is -2.18. The largest absolute Gasteiger partial charge is 0.380 e. The van der Waals surface area contributed by atoms with Gasteiger partial charge >= 0.3 is 0 Å². The smallest absolute Gasteiger partial charge is 0.261 e. The molecule has 0 aliphatic rings. The van der Waals surface area contributed by atoms with Gasteiger partial charge in [0.1, 0.15) is 11.6 Å². The van der Waals surface area contributed by atoms with Crippen LogP contribution in [-0.4, -0.2) is 15.9 Å². The molecule has 0 aliphatic carbocycles. The molecule has 7 heteroatoms. The van der Waals surface area contributed by atoms with Gasteiger partial charge in [-0.2, -0.15) is 0 Å². The molecule has 2 heterocycles. The van der Waals surface area contributed by atoms with Crippen molar-refractivity contribution in [2.75, 3.05) is 10.6 Å². The zero-order valence-corrected chi connectivity index (χ0v) is 16.8. The van der Waals surface area contributed by atoms with Crippen molar-refractivity contribution >= 4 is 44.1 Å². The predicted molar refractivity (Wildman–Crippen MR) is 115 cm³/mol. The standard InChI is InChI=1S/C22H16BrFN4O/c23-20-16-5-2-1-4-15(16)13-27-21(20)28-22(29)19-17(24)6-3-7-18(19)26-12-14-8-10-25-11-9-14/h1-11,13,26H,12H2,(H,27,28,29). The molecule has 0 radical (unpaired) electrons. The van der Waals surface area contributed by atoms with Crippen LogP contribution in [0.1, 0.15) is 15.9 Å². The lowest BCUT2D eigenvalue weighted by atomic mass is 10.1. The number of nitrogens with one attached hydrogen (secondary N) is 2. The Labute approximate surface area is 175 Å². The molecule has 0 spiro atoms. The van der Waals surface area contributed by atoms with Crippen molar-refractivity contribution in [3.8, 4) is 0 Å². The average Bonchev–Trinajstić information content (AvgIpc) is 2.75. The van der Waals surface area contributed by atoms with Crippen molar-refractivity contribution < 1.29 is 9.18 Å². The van der Waals surface area contributed by atoms with Gasteiger partial charge in [-0.3, -0.25) is 9.78 Å². The van der Waals surface area contributed by atoms with Crippen molar-refractivity contribution in [1.29, 1.82) is 0 Å². The molecule has 0 bridgehead atoms. The number of fused-ring (bicyclic) bond motifs is 1. The minimum Gasteiger partial charge on any atom is -0.380 e. The highest BCUT2D eigenvalue weighted by Crippen LogP contribution is 2.30. The van der Waals surface area contributed by atoms with Crippen LogP contribution in [0.25, 0.3) is 10.8 Å². The average molecular weight is 451 g/mol. The second kappa shape index (κ2) is 8.36. The summed E-state index contributed by atoms with van der Waals surface area (Å²) < 4.78 is 15.2. The van der Waals surface area contributed by atoms with Gasteiger partial charge in [-0.15, -0.1) is 0 Å². The number of nitrogens with zero attached hydrogens (tertiary/aromatic N) is 2. The Kier molecular flexibility index (Phi) is 5.48. The predicted octanol–water partition coefficient (Wildman–Crippen LogP) is 5.40. The molecule has 0 unspecified atom stereocenters. The first-order valence-corrected chi connectivity index (χ1v) is 9.68. The van der Waals surface area contributed by atoms with Gasteiger partial charge in [-0.25, -0.2) is 9.37 Å². The summed E-state index contributed by atoms with van der Waals surface area (Å²) in [5, 5.41) is 7.67. The molecule has 0 atom stereocenters. The van der Waals surface area contributed by atoms with E-state index in [0.717, 1.165) is 16.3 Å². The highest BCUT2D eigenvalue weighted by molar-refractivity contribution is 9.10. The maximum Gasteiger partial charge on any atom is 0.261 e. The Hall–Kier alpha value is -3.32. The first-order chi connectivity index (χ1) is 14.1. The Balaban J connectivity index is 1.61. The summed E-state index contributed by atoms with van der Waals surface area (Å²) in [7, 11) is 0. The lowest BCUT2D eigenvalue weighted by Gasteiger charge is -2.14. The second-order valence-electron chi connectivity index (χ2n) is 6.33. The van der Waals surface area contributed by atoms with E-state index in [0.29, 0.717) is 22.5 Å². The fraction of sp³-hybridized carbons (Fsp3) is 0.0455. The number of pyridine rings is 2. The Morgan fingerprint density at radius 3 is 2.66 bits per heavy atom. The lowest BCUT2D eigenvalue weighted by molar-refractivity contribution is 0.102. The summed E-state index contributed by atoms with van der Waals surface area (Å²) in [5.41, 5.74) is 1.30. The summed E-state index contributed by atoms with van der Waals surface area (Å²) in [6.07, 6.45) is 5.03. The highest BCUT2D eigenvalue weighted by atomic mass is 79.9. The zero-order chi connectivity index (χ0) is 20.2. The van der Waals surface area contributed by atoms with Gasteiger partial charge in [0, 0.05) is 35.9 Å². The minimum absolute atomic E-state index is 0.0663. The molecule has 0 saturated carbocycles. The van der Waals surface area contributed by atoms with Crippen molar-refractivity contribution in [3.05, 3.63) is 94.6 Å². The first kappa shape index (κ1) is 19.0. The van der Waals surface area contributed by atoms with Crippen molar-refractivity contribution in [2.45, 2.75) is 6.54 Å². The van der Waals surface area contributed by atoms with Crippen LogP contribution >= 0.6 is 15.9 Å². The van der Waals surface area contributed by atoms with Gasteiger partial charge in [0.15, 0.2) is 0 Å². The number of hydrogen-bond acceptors (Lipinski definition) is 4. The fourth-order valence-corrected chi connectivity index (χ4v) is 3.55. The third kappa shape index (κ3) is 4.09. The number of carbonyl (C=O) groups excluding carboxylic acids is 1. The van der Waals surface area contributed by atoms with Crippen molar-refractivity contribution in [2.24, 2.45) is 0 Å². The number of benzene rings is 2. The quantitative estimate of drug-likeness (QED) is 0.427. The van der Waals surface area contributed by atoms with Crippen LogP contribution in [0.3, 0.4) is 0 Å². The maximum atomic E-state index is 14.5. The van der Waals surface area contributed by atoms with E-state index < -0.39 is 11.7 Å². The maximum absolute atomic E-state index is 14.5. The Morgan fingerprint density at radius 1 is 1.03 bits per heavy atom. The van der Waals surface area contributed by atoms with Crippen molar-refractivity contribution in [1.82, 2.24) is 9.97 Å². The molecular weight excluding hydrogens is 435 g/mol. The summed E-state index contributed by atoms with van der Waals surface area (Å²) in [4.78, 5) is 21.2. The molecule has 144 valence electrons. The first-order valence-electron chi connectivity index (χ1n) is 8.89. The van der Waals surface area contributed by atoms with Gasteiger partial charge in [0.05, 0.1) is 15.7 Å².